The Labute approximate surface area is 94.0 Å². The van der Waals surface area contributed by atoms with E-state index in [9.17, 15) is 8.42 Å². The number of hydrogen-bond acceptors (Lipinski definition) is 4. The molecule has 0 amide bonds. The van der Waals surface area contributed by atoms with Crippen LogP contribution in [0.4, 0.5) is 0 Å². The summed E-state index contributed by atoms with van der Waals surface area (Å²) in [6.45, 7) is 1.70. The third-order valence-electron chi connectivity index (χ3n) is 1.90. The lowest BCUT2D eigenvalue weighted by Crippen LogP contribution is -2.29. The van der Waals surface area contributed by atoms with E-state index in [2.05, 4.69) is 4.72 Å². The lowest BCUT2D eigenvalue weighted by atomic mass is 10.3. The molecule has 86 valence electrons. The molecular formula is C9H15NO3S2. The van der Waals surface area contributed by atoms with Crippen molar-refractivity contribution in [2.75, 3.05) is 12.4 Å². The van der Waals surface area contributed by atoms with Gasteiger partial charge in [-0.1, -0.05) is 6.07 Å². The van der Waals surface area contributed by atoms with Crippen LogP contribution in [-0.4, -0.2) is 25.9 Å². The Balaban J connectivity index is 2.54. The molecule has 1 atom stereocenters. The van der Waals surface area contributed by atoms with Crippen molar-refractivity contribution >= 4 is 21.4 Å². The van der Waals surface area contributed by atoms with Crippen LogP contribution in [0, 0.1) is 0 Å². The van der Waals surface area contributed by atoms with Crippen LogP contribution in [0.5, 0.6) is 0 Å². The maximum absolute atomic E-state index is 11.5. The van der Waals surface area contributed by atoms with Gasteiger partial charge >= 0.3 is 0 Å². The molecule has 6 heteroatoms. The van der Waals surface area contributed by atoms with Crippen molar-refractivity contribution in [3.8, 4) is 0 Å². The predicted octanol–water partition coefficient (Wildman–Crippen LogP) is 1.11. The Kier molecular flexibility index (Phi) is 4.72. The fourth-order valence-electron chi connectivity index (χ4n) is 1.18. The molecule has 1 aromatic heterocycles. The minimum atomic E-state index is -3.27. The maximum atomic E-state index is 11.5. The Bertz CT molecular complexity index is 372. The number of hydrogen-bond donors (Lipinski definition) is 2. The second kappa shape index (κ2) is 5.60. The molecule has 1 aromatic rings. The highest BCUT2D eigenvalue weighted by Gasteiger charge is 2.15. The SMILES string of the molecule is CC(NS(=O)(=O)CCCO)c1cccs1. The van der Waals surface area contributed by atoms with E-state index in [1.54, 1.807) is 0 Å². The topological polar surface area (TPSA) is 66.4 Å². The highest BCUT2D eigenvalue weighted by molar-refractivity contribution is 7.89. The molecule has 0 fully saturated rings. The van der Waals surface area contributed by atoms with Gasteiger partial charge in [-0.25, -0.2) is 13.1 Å². The Hall–Kier alpha value is -0.430. The van der Waals surface area contributed by atoms with E-state index in [0.29, 0.717) is 0 Å². The Morgan fingerprint density at radius 3 is 2.87 bits per heavy atom. The zero-order valence-electron chi connectivity index (χ0n) is 8.51. The smallest absolute Gasteiger partial charge is 0.212 e. The monoisotopic (exact) mass is 249 g/mol. The van der Waals surface area contributed by atoms with Gasteiger partial charge in [0.2, 0.25) is 10.0 Å². The molecule has 0 bridgehead atoms. The van der Waals surface area contributed by atoms with Gasteiger partial charge in [0.15, 0.2) is 0 Å². The molecule has 0 aliphatic heterocycles. The lowest BCUT2D eigenvalue weighted by molar-refractivity contribution is 0.295. The van der Waals surface area contributed by atoms with Crippen molar-refractivity contribution in [2.24, 2.45) is 0 Å². The molecule has 15 heavy (non-hydrogen) atoms. The average molecular weight is 249 g/mol. The quantitative estimate of drug-likeness (QED) is 0.793. The van der Waals surface area contributed by atoms with Crippen molar-refractivity contribution < 1.29 is 13.5 Å². The highest BCUT2D eigenvalue weighted by Crippen LogP contribution is 2.18. The number of nitrogens with one attached hydrogen (secondary N) is 1. The zero-order valence-corrected chi connectivity index (χ0v) is 10.1. The Morgan fingerprint density at radius 1 is 1.60 bits per heavy atom. The molecule has 4 nitrogen and oxygen atoms in total. The van der Waals surface area contributed by atoms with Gasteiger partial charge in [-0.2, -0.15) is 0 Å². The number of sulfonamides is 1. The summed E-state index contributed by atoms with van der Waals surface area (Å²) in [5.74, 6) is -0.0286. The van der Waals surface area contributed by atoms with Crippen molar-refractivity contribution in [1.82, 2.24) is 4.72 Å². The van der Waals surface area contributed by atoms with Crippen LogP contribution in [-0.2, 0) is 10.0 Å². The van der Waals surface area contributed by atoms with Crippen LogP contribution >= 0.6 is 11.3 Å². The summed E-state index contributed by atoms with van der Waals surface area (Å²) < 4.78 is 25.5. The summed E-state index contributed by atoms with van der Waals surface area (Å²) in [5.41, 5.74) is 0. The van der Waals surface area contributed by atoms with Gasteiger partial charge in [-0.05, 0) is 24.8 Å². The van der Waals surface area contributed by atoms with Gasteiger partial charge in [0.05, 0.1) is 11.8 Å². The molecule has 0 aromatic carbocycles. The maximum Gasteiger partial charge on any atom is 0.212 e. The molecule has 0 saturated heterocycles. The average Bonchev–Trinajstić information content (AvgIpc) is 2.67. The summed E-state index contributed by atoms with van der Waals surface area (Å²) in [4.78, 5) is 0.988. The molecule has 0 radical (unpaired) electrons. The van der Waals surface area contributed by atoms with E-state index in [4.69, 9.17) is 5.11 Å². The summed E-state index contributed by atoms with van der Waals surface area (Å²) in [7, 11) is -3.27. The highest BCUT2D eigenvalue weighted by atomic mass is 32.2. The second-order valence-corrected chi connectivity index (χ2v) is 6.10. The van der Waals surface area contributed by atoms with E-state index >= 15 is 0 Å². The molecule has 1 unspecified atom stereocenters. The molecular weight excluding hydrogens is 234 g/mol. The molecule has 1 heterocycles. The van der Waals surface area contributed by atoms with Crippen LogP contribution in [0.15, 0.2) is 17.5 Å². The summed E-state index contributed by atoms with van der Waals surface area (Å²) in [5, 5.41) is 10.5. The van der Waals surface area contributed by atoms with Gasteiger partial charge in [0.1, 0.15) is 0 Å². The molecule has 0 aliphatic rings. The number of rotatable bonds is 6. The van der Waals surface area contributed by atoms with Crippen LogP contribution in [0.25, 0.3) is 0 Å². The third-order valence-corrected chi connectivity index (χ3v) is 4.49. The molecule has 0 aliphatic carbocycles. The van der Waals surface area contributed by atoms with Gasteiger partial charge in [0.25, 0.3) is 0 Å². The first-order valence-electron chi connectivity index (χ1n) is 4.69. The Morgan fingerprint density at radius 2 is 2.33 bits per heavy atom. The minimum absolute atomic E-state index is 0.0286. The van der Waals surface area contributed by atoms with E-state index in [0.717, 1.165) is 4.88 Å². The first kappa shape index (κ1) is 12.6. The van der Waals surface area contributed by atoms with Crippen molar-refractivity contribution in [3.63, 3.8) is 0 Å². The van der Waals surface area contributed by atoms with Crippen molar-refractivity contribution in [3.05, 3.63) is 22.4 Å². The fraction of sp³-hybridized carbons (Fsp3) is 0.556. The number of aliphatic hydroxyl groups is 1. The predicted molar refractivity (Wildman–Crippen MR) is 61.4 cm³/mol. The first-order valence-corrected chi connectivity index (χ1v) is 7.22. The molecule has 0 spiro atoms. The minimum Gasteiger partial charge on any atom is -0.396 e. The lowest BCUT2D eigenvalue weighted by Gasteiger charge is -2.12. The molecule has 2 N–H and O–H groups in total. The zero-order chi connectivity index (χ0) is 11.3. The van der Waals surface area contributed by atoms with Gasteiger partial charge < -0.3 is 5.11 Å². The normalized spacial score (nSPS) is 14.0. The van der Waals surface area contributed by atoms with Gasteiger partial charge in [-0.3, -0.25) is 0 Å². The van der Waals surface area contributed by atoms with Crippen LogP contribution in [0.3, 0.4) is 0 Å². The van der Waals surface area contributed by atoms with E-state index in [1.807, 2.05) is 24.4 Å². The largest absolute Gasteiger partial charge is 0.396 e. The van der Waals surface area contributed by atoms with Crippen LogP contribution in [0.1, 0.15) is 24.3 Å². The fourth-order valence-corrected chi connectivity index (χ4v) is 3.28. The number of aliphatic hydroxyl groups excluding tert-OH is 1. The van der Waals surface area contributed by atoms with Crippen molar-refractivity contribution in [1.29, 1.82) is 0 Å². The summed E-state index contributed by atoms with van der Waals surface area (Å²) >= 11 is 1.52. The summed E-state index contributed by atoms with van der Waals surface area (Å²) in [6, 6.07) is 3.58. The van der Waals surface area contributed by atoms with E-state index in [1.165, 1.54) is 11.3 Å². The van der Waals surface area contributed by atoms with Gasteiger partial charge in [0, 0.05) is 11.5 Å². The first-order chi connectivity index (χ1) is 7.05. The van der Waals surface area contributed by atoms with Crippen LogP contribution < -0.4 is 4.72 Å². The van der Waals surface area contributed by atoms with E-state index < -0.39 is 10.0 Å². The van der Waals surface area contributed by atoms with Crippen LogP contribution in [0.2, 0.25) is 0 Å². The third kappa shape index (κ3) is 4.29. The standard InChI is InChI=1S/C9H15NO3S2/c1-8(9-4-2-6-14-9)10-15(12,13)7-3-5-11/h2,4,6,8,10-11H,3,5,7H2,1H3. The molecule has 1 rings (SSSR count). The number of thiophene rings is 1. The van der Waals surface area contributed by atoms with Gasteiger partial charge in [-0.15, -0.1) is 11.3 Å². The van der Waals surface area contributed by atoms with Crippen molar-refractivity contribution in [2.45, 2.75) is 19.4 Å². The molecule has 0 saturated carbocycles. The summed E-state index contributed by atoms with van der Waals surface area (Å²) in [6.07, 6.45) is 0.270. The second-order valence-electron chi connectivity index (χ2n) is 3.25. The van der Waals surface area contributed by atoms with E-state index in [-0.39, 0.29) is 24.8 Å².